The molecule has 1 fully saturated rings. The van der Waals surface area contributed by atoms with E-state index in [4.69, 9.17) is 5.73 Å². The summed E-state index contributed by atoms with van der Waals surface area (Å²) in [4.78, 5) is 53.7. The number of carbonyl (C=O) groups excluding carboxylic acids is 4. The molecule has 44 heavy (non-hydrogen) atoms. The summed E-state index contributed by atoms with van der Waals surface area (Å²) >= 11 is 0. The highest BCUT2D eigenvalue weighted by Crippen LogP contribution is 2.30. The quantitative estimate of drug-likeness (QED) is 0.131. The number of benzene rings is 2. The number of rotatable bonds is 13. The first-order chi connectivity index (χ1) is 20.9. The number of carbonyl (C=O) groups is 4. The Hall–Kier alpha value is -4.54. The second-order valence-electron chi connectivity index (χ2n) is 10.6. The Morgan fingerprint density at radius 2 is 1.86 bits per heavy atom. The SMILES string of the molecule is CN(C)c1cccc2c(S(=O)(=O)NC(CO)C(=O)N3CCCC3C(=O)NCC(=O)NC(Cc3cn[nH]c3)C(N)=O)cccc12. The van der Waals surface area contributed by atoms with Crippen LogP contribution in [-0.4, -0.2) is 104 Å². The number of nitrogens with one attached hydrogen (secondary N) is 4. The molecule has 0 aliphatic carbocycles. The lowest BCUT2D eigenvalue weighted by molar-refractivity contribution is -0.140. The molecular weight excluding hydrogens is 592 g/mol. The third kappa shape index (κ3) is 7.32. The van der Waals surface area contributed by atoms with Gasteiger partial charge in [-0.25, -0.2) is 8.42 Å². The van der Waals surface area contributed by atoms with Gasteiger partial charge in [0.25, 0.3) is 0 Å². The van der Waals surface area contributed by atoms with E-state index in [1.165, 1.54) is 17.2 Å². The molecule has 0 saturated carbocycles. The van der Waals surface area contributed by atoms with Gasteiger partial charge in [-0.3, -0.25) is 24.3 Å². The number of primary amides is 1. The van der Waals surface area contributed by atoms with Gasteiger partial charge in [-0.05, 0) is 30.5 Å². The third-order valence-electron chi connectivity index (χ3n) is 7.34. The van der Waals surface area contributed by atoms with Crippen LogP contribution in [-0.2, 0) is 35.6 Å². The molecule has 1 aromatic heterocycles. The van der Waals surface area contributed by atoms with Gasteiger partial charge in [0.15, 0.2) is 0 Å². The number of hydrogen-bond acceptors (Lipinski definition) is 9. The minimum Gasteiger partial charge on any atom is -0.394 e. The summed E-state index contributed by atoms with van der Waals surface area (Å²) in [5, 5.41) is 22.5. The maximum absolute atomic E-state index is 13.5. The number of aliphatic hydroxyl groups is 1. The number of aromatic amines is 1. The Kier molecular flexibility index (Phi) is 10.2. The summed E-state index contributed by atoms with van der Waals surface area (Å²) < 4.78 is 29.3. The fourth-order valence-electron chi connectivity index (χ4n) is 5.19. The van der Waals surface area contributed by atoms with Gasteiger partial charge < -0.3 is 31.3 Å². The monoisotopic (exact) mass is 628 g/mol. The summed E-state index contributed by atoms with van der Waals surface area (Å²) in [7, 11) is -0.610. The summed E-state index contributed by atoms with van der Waals surface area (Å²) in [6.07, 6.45) is 3.86. The molecule has 0 spiro atoms. The smallest absolute Gasteiger partial charge is 0.243 e. The molecule has 1 aliphatic rings. The average Bonchev–Trinajstić information content (AvgIpc) is 3.70. The first-order valence-electron chi connectivity index (χ1n) is 13.9. The molecule has 236 valence electrons. The Bertz CT molecular complexity index is 1630. The third-order valence-corrected chi connectivity index (χ3v) is 8.87. The zero-order valence-electron chi connectivity index (χ0n) is 24.3. The van der Waals surface area contributed by atoms with Crippen LogP contribution in [0.4, 0.5) is 5.69 Å². The minimum atomic E-state index is -4.29. The van der Waals surface area contributed by atoms with E-state index in [9.17, 15) is 32.7 Å². The molecule has 1 saturated heterocycles. The predicted molar refractivity (Wildman–Crippen MR) is 161 cm³/mol. The summed E-state index contributed by atoms with van der Waals surface area (Å²) in [6, 6.07) is 6.47. The fourth-order valence-corrected chi connectivity index (χ4v) is 6.59. The van der Waals surface area contributed by atoms with Gasteiger partial charge in [0, 0.05) is 49.7 Å². The van der Waals surface area contributed by atoms with Crippen molar-refractivity contribution < 1.29 is 32.7 Å². The van der Waals surface area contributed by atoms with Gasteiger partial charge in [-0.1, -0.05) is 24.3 Å². The second-order valence-corrected chi connectivity index (χ2v) is 12.3. The maximum Gasteiger partial charge on any atom is 0.243 e. The highest BCUT2D eigenvalue weighted by molar-refractivity contribution is 7.89. The van der Waals surface area contributed by atoms with E-state index in [0.717, 1.165) is 5.69 Å². The highest BCUT2D eigenvalue weighted by Gasteiger charge is 2.38. The van der Waals surface area contributed by atoms with E-state index in [0.29, 0.717) is 22.8 Å². The van der Waals surface area contributed by atoms with Crippen molar-refractivity contribution in [1.82, 2.24) is 30.5 Å². The molecule has 7 N–H and O–H groups in total. The van der Waals surface area contributed by atoms with Gasteiger partial charge in [-0.2, -0.15) is 9.82 Å². The van der Waals surface area contributed by atoms with E-state index in [2.05, 4.69) is 25.6 Å². The van der Waals surface area contributed by atoms with Crippen LogP contribution in [0, 0.1) is 0 Å². The number of nitrogens with zero attached hydrogens (tertiary/aromatic N) is 3. The van der Waals surface area contributed by atoms with Crippen LogP contribution in [0.15, 0.2) is 53.7 Å². The molecule has 15 nitrogen and oxygen atoms in total. The molecule has 4 rings (SSSR count). The van der Waals surface area contributed by atoms with Crippen LogP contribution >= 0.6 is 0 Å². The van der Waals surface area contributed by atoms with Crippen molar-refractivity contribution >= 4 is 50.1 Å². The zero-order chi connectivity index (χ0) is 32.0. The first-order valence-corrected chi connectivity index (χ1v) is 15.4. The van der Waals surface area contributed by atoms with Gasteiger partial charge in [0.1, 0.15) is 18.1 Å². The van der Waals surface area contributed by atoms with Crippen LogP contribution < -0.4 is 26.0 Å². The molecule has 0 radical (unpaired) electrons. The van der Waals surface area contributed by atoms with E-state index in [1.54, 1.807) is 30.5 Å². The Morgan fingerprint density at radius 1 is 1.14 bits per heavy atom. The van der Waals surface area contributed by atoms with E-state index in [-0.39, 0.29) is 24.3 Å². The van der Waals surface area contributed by atoms with Crippen molar-refractivity contribution in [2.75, 3.05) is 38.7 Å². The van der Waals surface area contributed by atoms with Crippen molar-refractivity contribution in [2.24, 2.45) is 5.73 Å². The summed E-state index contributed by atoms with van der Waals surface area (Å²) in [6.45, 7) is -1.18. The minimum absolute atomic E-state index is 0.0614. The van der Waals surface area contributed by atoms with Crippen molar-refractivity contribution in [3.8, 4) is 0 Å². The molecule has 2 heterocycles. The number of fused-ring (bicyclic) bond motifs is 1. The van der Waals surface area contributed by atoms with Crippen LogP contribution in [0.2, 0.25) is 0 Å². The van der Waals surface area contributed by atoms with E-state index >= 15 is 0 Å². The van der Waals surface area contributed by atoms with Crippen LogP contribution in [0.1, 0.15) is 18.4 Å². The number of sulfonamides is 1. The van der Waals surface area contributed by atoms with Crippen LogP contribution in [0.5, 0.6) is 0 Å². The number of aromatic nitrogens is 2. The number of hydrogen-bond donors (Lipinski definition) is 6. The van der Waals surface area contributed by atoms with Gasteiger partial charge >= 0.3 is 0 Å². The van der Waals surface area contributed by atoms with Crippen molar-refractivity contribution in [3.63, 3.8) is 0 Å². The number of H-pyrrole nitrogens is 1. The summed E-state index contributed by atoms with van der Waals surface area (Å²) in [5.74, 6) is -2.85. The van der Waals surface area contributed by atoms with Crippen LogP contribution in [0.3, 0.4) is 0 Å². The second kappa shape index (κ2) is 13.8. The van der Waals surface area contributed by atoms with Crippen molar-refractivity contribution in [1.29, 1.82) is 0 Å². The lowest BCUT2D eigenvalue weighted by Crippen LogP contribution is -2.55. The molecule has 0 bridgehead atoms. The van der Waals surface area contributed by atoms with Gasteiger partial charge in [-0.15, -0.1) is 0 Å². The average molecular weight is 629 g/mol. The lowest BCUT2D eigenvalue weighted by atomic mass is 10.1. The van der Waals surface area contributed by atoms with E-state index < -0.39 is 64.9 Å². The van der Waals surface area contributed by atoms with Gasteiger partial charge in [0.05, 0.1) is 24.2 Å². The predicted octanol–water partition coefficient (Wildman–Crippen LogP) is -1.41. The van der Waals surface area contributed by atoms with E-state index in [1.807, 2.05) is 25.1 Å². The fraction of sp³-hybridized carbons (Fsp3) is 0.393. The van der Waals surface area contributed by atoms with Crippen molar-refractivity contribution in [2.45, 2.75) is 42.3 Å². The van der Waals surface area contributed by atoms with Crippen molar-refractivity contribution in [3.05, 3.63) is 54.4 Å². The molecule has 16 heteroatoms. The molecular formula is C28H36N8O7S. The topological polar surface area (TPSA) is 220 Å². The Labute approximate surface area is 254 Å². The Balaban J connectivity index is 1.41. The molecule has 4 amide bonds. The molecule has 1 aliphatic heterocycles. The largest absolute Gasteiger partial charge is 0.394 e. The number of likely N-dealkylation sites (tertiary alicyclic amines) is 1. The number of amides is 4. The maximum atomic E-state index is 13.5. The standard InChI is InChI=1S/C28H36N8O7S/c1-35(2)22-8-3-7-19-18(22)6-4-10-24(19)44(42,43)34-21(16-37)28(41)36-11-5-9-23(36)27(40)30-15-25(38)33-20(26(29)39)12-17-13-31-32-14-17/h3-4,6-8,10,13-14,20-21,23,34,37H,5,9,11-12,15-16H2,1-2H3,(H2,29,39)(H,30,40)(H,31,32)(H,33,38). The first kappa shape index (κ1) is 32.4. The lowest BCUT2D eigenvalue weighted by Gasteiger charge is -2.28. The number of anilines is 1. The Morgan fingerprint density at radius 3 is 2.52 bits per heavy atom. The molecule has 3 atom stereocenters. The zero-order valence-corrected chi connectivity index (χ0v) is 25.1. The normalized spacial score (nSPS) is 16.3. The summed E-state index contributed by atoms with van der Waals surface area (Å²) in [5.41, 5.74) is 6.84. The molecule has 2 aromatic carbocycles. The molecule has 3 aromatic rings. The van der Waals surface area contributed by atoms with Gasteiger partial charge in [0.2, 0.25) is 33.7 Å². The highest BCUT2D eigenvalue weighted by atomic mass is 32.2. The number of nitrogens with two attached hydrogens (primary N) is 1. The van der Waals surface area contributed by atoms with Crippen LogP contribution in [0.25, 0.3) is 10.8 Å². The molecule has 3 unspecified atom stereocenters. The number of aliphatic hydroxyl groups excluding tert-OH is 1.